The van der Waals surface area contributed by atoms with Crippen LogP contribution in [0.25, 0.3) is 0 Å². The molecule has 284 valence electrons. The Morgan fingerprint density at radius 3 is 2.22 bits per heavy atom. The summed E-state index contributed by atoms with van der Waals surface area (Å²) in [5.74, 6) is 1.79. The van der Waals surface area contributed by atoms with Crippen LogP contribution in [-0.4, -0.2) is 61.5 Å². The first-order valence-electron chi connectivity index (χ1n) is 18.0. The van der Waals surface area contributed by atoms with E-state index in [-0.39, 0.29) is 49.1 Å². The van der Waals surface area contributed by atoms with Crippen LogP contribution in [0.1, 0.15) is 100 Å². The van der Waals surface area contributed by atoms with Gasteiger partial charge >= 0.3 is 18.4 Å². The third-order valence-corrected chi connectivity index (χ3v) is 10.2. The van der Waals surface area contributed by atoms with Crippen molar-refractivity contribution in [1.29, 1.82) is 0 Å². The number of benzene rings is 2. The van der Waals surface area contributed by atoms with Gasteiger partial charge in [0.2, 0.25) is 0 Å². The van der Waals surface area contributed by atoms with Crippen molar-refractivity contribution in [3.63, 3.8) is 0 Å². The van der Waals surface area contributed by atoms with Crippen LogP contribution < -0.4 is 19.5 Å². The Hall–Kier alpha value is -3.39. The van der Waals surface area contributed by atoms with Crippen molar-refractivity contribution in [2.45, 2.75) is 115 Å². The molecule has 2 aliphatic heterocycles. The van der Waals surface area contributed by atoms with Gasteiger partial charge in [0.1, 0.15) is 25.7 Å². The highest BCUT2D eigenvalue weighted by atomic mass is 19.4. The van der Waals surface area contributed by atoms with Gasteiger partial charge in [-0.15, -0.1) is 0 Å². The number of ether oxygens (including phenoxy) is 4. The van der Waals surface area contributed by atoms with E-state index < -0.39 is 29.2 Å². The Bertz CT molecular complexity index is 1480. The lowest BCUT2D eigenvalue weighted by Gasteiger charge is -2.42. The molecule has 2 aromatic rings. The Morgan fingerprint density at radius 2 is 1.59 bits per heavy atom. The molecule has 14 heteroatoms. The summed E-state index contributed by atoms with van der Waals surface area (Å²) in [5.41, 5.74) is -6.16. The van der Waals surface area contributed by atoms with E-state index in [1.165, 1.54) is 4.90 Å². The summed E-state index contributed by atoms with van der Waals surface area (Å²) in [6.45, 7) is 5.04. The van der Waals surface area contributed by atoms with E-state index in [0.717, 1.165) is 49.8 Å². The molecule has 5 rings (SSSR count). The minimum Gasteiger partial charge on any atom is -0.493 e. The second-order valence-corrected chi connectivity index (χ2v) is 13.7. The molecule has 1 unspecified atom stereocenters. The van der Waals surface area contributed by atoms with Gasteiger partial charge < -0.3 is 34.3 Å². The van der Waals surface area contributed by atoms with E-state index in [2.05, 4.69) is 5.32 Å². The standard InChI is InChI=1S/C37H48F6N2O6/c1-3-10-26-21-29(35(47,36(38,39)40)37(41,42)43)22-27(14-13-25-11-6-5-7-12-25)32(26)50-18-9-8-17-45-24-51-34(4-2,44-33(45)46)28-15-16-30-31(23-28)49-20-19-48-30/h15-16,21-23,25,47H,3-14,17-20,24H2,1-2H3,(H,44,46). The van der Waals surface area contributed by atoms with Gasteiger partial charge in [-0.3, -0.25) is 0 Å². The highest BCUT2D eigenvalue weighted by Gasteiger charge is 2.71. The summed E-state index contributed by atoms with van der Waals surface area (Å²) in [7, 11) is 0. The molecule has 0 bridgehead atoms. The Labute approximate surface area is 294 Å². The molecule has 3 aliphatic rings. The van der Waals surface area contributed by atoms with Gasteiger partial charge in [-0.2, -0.15) is 26.3 Å². The second kappa shape index (κ2) is 16.1. The predicted molar refractivity (Wildman–Crippen MR) is 177 cm³/mol. The minimum atomic E-state index is -5.98. The van der Waals surface area contributed by atoms with Crippen LogP contribution in [0.2, 0.25) is 0 Å². The SMILES string of the molecule is CCCc1cc(C(O)(C(F)(F)F)C(F)(F)F)cc(CCC2CCCCC2)c1OCCCCN1COC(CC)(c2ccc3c(c2)OCCO3)NC1=O. The monoisotopic (exact) mass is 730 g/mol. The Morgan fingerprint density at radius 1 is 0.922 bits per heavy atom. The van der Waals surface area contributed by atoms with Gasteiger partial charge in [0, 0.05) is 17.7 Å². The van der Waals surface area contributed by atoms with E-state index >= 15 is 0 Å². The average Bonchev–Trinajstić information content (AvgIpc) is 3.10. The lowest BCUT2D eigenvalue weighted by atomic mass is 9.83. The maximum absolute atomic E-state index is 13.9. The minimum absolute atomic E-state index is 0.0315. The van der Waals surface area contributed by atoms with Gasteiger partial charge in [-0.25, -0.2) is 4.79 Å². The summed E-state index contributed by atoms with van der Waals surface area (Å²) < 4.78 is 107. The molecule has 2 fully saturated rings. The van der Waals surface area contributed by atoms with Crippen molar-refractivity contribution in [2.75, 3.05) is 33.1 Å². The highest BCUT2D eigenvalue weighted by molar-refractivity contribution is 5.75. The molecule has 0 aromatic heterocycles. The van der Waals surface area contributed by atoms with E-state index in [1.807, 2.05) is 13.0 Å². The third-order valence-electron chi connectivity index (χ3n) is 10.2. The maximum Gasteiger partial charge on any atom is 0.430 e. The van der Waals surface area contributed by atoms with Gasteiger partial charge in [0.15, 0.2) is 17.2 Å². The summed E-state index contributed by atoms with van der Waals surface area (Å²) in [4.78, 5) is 14.7. The number of carbonyl (C=O) groups excluding carboxylic acids is 1. The number of halogens is 6. The topological polar surface area (TPSA) is 89.5 Å². The Balaban J connectivity index is 1.26. The molecule has 2 heterocycles. The second-order valence-electron chi connectivity index (χ2n) is 13.7. The van der Waals surface area contributed by atoms with Crippen LogP contribution in [0.5, 0.6) is 17.2 Å². The predicted octanol–water partition coefficient (Wildman–Crippen LogP) is 8.66. The molecule has 2 amide bonds. The van der Waals surface area contributed by atoms with Crippen molar-refractivity contribution in [3.05, 3.63) is 52.6 Å². The molecule has 8 nitrogen and oxygen atoms in total. The lowest BCUT2D eigenvalue weighted by Crippen LogP contribution is -2.59. The fraction of sp³-hybridized carbons (Fsp3) is 0.649. The van der Waals surface area contributed by atoms with Crippen LogP contribution in [0, 0.1) is 5.92 Å². The summed E-state index contributed by atoms with van der Waals surface area (Å²) in [5, 5.41) is 13.3. The highest BCUT2D eigenvalue weighted by Crippen LogP contribution is 2.51. The van der Waals surface area contributed by atoms with Gasteiger partial charge in [0.05, 0.1) is 6.61 Å². The number of carbonyl (C=O) groups is 1. The first kappa shape index (κ1) is 38.8. The van der Waals surface area contributed by atoms with Crippen molar-refractivity contribution in [3.8, 4) is 17.2 Å². The molecule has 2 N–H and O–H groups in total. The molecular weight excluding hydrogens is 682 g/mol. The van der Waals surface area contributed by atoms with Crippen LogP contribution in [0.15, 0.2) is 30.3 Å². The first-order chi connectivity index (χ1) is 24.2. The number of aryl methyl sites for hydroxylation is 2. The molecule has 1 atom stereocenters. The number of nitrogens with zero attached hydrogens (tertiary/aromatic N) is 1. The van der Waals surface area contributed by atoms with Crippen LogP contribution >= 0.6 is 0 Å². The van der Waals surface area contributed by atoms with Crippen molar-refractivity contribution in [1.82, 2.24) is 10.2 Å². The van der Waals surface area contributed by atoms with Crippen LogP contribution in [-0.2, 0) is 28.9 Å². The number of hydrogen-bond acceptors (Lipinski definition) is 6. The number of amides is 2. The molecule has 1 aliphatic carbocycles. The number of nitrogens with one attached hydrogen (secondary N) is 1. The zero-order chi connectivity index (χ0) is 36.9. The fourth-order valence-electron chi connectivity index (χ4n) is 7.24. The van der Waals surface area contributed by atoms with Crippen LogP contribution in [0.4, 0.5) is 31.1 Å². The van der Waals surface area contributed by atoms with E-state index in [9.17, 15) is 36.2 Å². The van der Waals surface area contributed by atoms with Crippen molar-refractivity contribution >= 4 is 6.03 Å². The normalized spacial score (nSPS) is 20.3. The summed E-state index contributed by atoms with van der Waals surface area (Å²) >= 11 is 0. The molecule has 0 spiro atoms. The quantitative estimate of drug-likeness (QED) is 0.150. The van der Waals surface area contributed by atoms with Gasteiger partial charge in [-0.05, 0) is 79.8 Å². The third kappa shape index (κ3) is 8.48. The number of alkyl halides is 6. The molecule has 0 radical (unpaired) electrons. The number of aliphatic hydroxyl groups is 1. The number of hydrogen-bond donors (Lipinski definition) is 2. The largest absolute Gasteiger partial charge is 0.493 e. The molecule has 51 heavy (non-hydrogen) atoms. The fourth-order valence-corrected chi connectivity index (χ4v) is 7.24. The number of rotatable bonds is 14. The zero-order valence-corrected chi connectivity index (χ0v) is 29.2. The summed E-state index contributed by atoms with van der Waals surface area (Å²) in [6.07, 6.45) is -4.03. The first-order valence-corrected chi connectivity index (χ1v) is 18.0. The molecule has 2 aromatic carbocycles. The van der Waals surface area contributed by atoms with E-state index in [4.69, 9.17) is 18.9 Å². The smallest absolute Gasteiger partial charge is 0.430 e. The number of fused-ring (bicyclic) bond motifs is 1. The van der Waals surface area contributed by atoms with E-state index in [0.29, 0.717) is 69.3 Å². The maximum atomic E-state index is 13.9. The van der Waals surface area contributed by atoms with E-state index in [1.54, 1.807) is 19.1 Å². The number of urea groups is 1. The zero-order valence-electron chi connectivity index (χ0n) is 29.2. The molecule has 1 saturated heterocycles. The molecular formula is C37H48F6N2O6. The van der Waals surface area contributed by atoms with Crippen molar-refractivity contribution < 1.29 is 55.2 Å². The molecule has 1 saturated carbocycles. The summed E-state index contributed by atoms with van der Waals surface area (Å²) in [6, 6.07) is 6.74. The van der Waals surface area contributed by atoms with Gasteiger partial charge in [-0.1, -0.05) is 58.4 Å². The Kier molecular flexibility index (Phi) is 12.3. The lowest BCUT2D eigenvalue weighted by molar-refractivity contribution is -0.376. The van der Waals surface area contributed by atoms with Gasteiger partial charge in [0.25, 0.3) is 5.60 Å². The van der Waals surface area contributed by atoms with Crippen LogP contribution in [0.3, 0.4) is 0 Å². The van der Waals surface area contributed by atoms with Crippen molar-refractivity contribution in [2.24, 2.45) is 5.92 Å². The number of unbranched alkanes of at least 4 members (excludes halogenated alkanes) is 1. The average molecular weight is 731 g/mol.